The van der Waals surface area contributed by atoms with Crippen molar-refractivity contribution in [3.05, 3.63) is 0 Å². The van der Waals surface area contributed by atoms with Gasteiger partial charge in [-0.2, -0.15) is 0 Å². The van der Waals surface area contributed by atoms with Gasteiger partial charge in [-0.15, -0.1) is 0 Å². The molecule has 0 bridgehead atoms. The summed E-state index contributed by atoms with van der Waals surface area (Å²) in [5.41, 5.74) is 0. The van der Waals surface area contributed by atoms with E-state index in [4.69, 9.17) is 0 Å². The highest BCUT2D eigenvalue weighted by atomic mass is 16.2. The van der Waals surface area contributed by atoms with E-state index in [0.717, 1.165) is 25.3 Å². The molecule has 1 aliphatic carbocycles. The zero-order chi connectivity index (χ0) is 9.97. The first-order chi connectivity index (χ1) is 6.75. The molecule has 1 atom stereocenters. The molecule has 2 fully saturated rings. The van der Waals surface area contributed by atoms with Crippen molar-refractivity contribution in [2.45, 2.75) is 51.1 Å². The summed E-state index contributed by atoms with van der Waals surface area (Å²) in [6, 6.07) is 0.675. The highest BCUT2D eigenvalue weighted by molar-refractivity contribution is 5.81. The average molecular weight is 196 g/mol. The fourth-order valence-corrected chi connectivity index (χ4v) is 2.42. The van der Waals surface area contributed by atoms with Gasteiger partial charge >= 0.3 is 0 Å². The van der Waals surface area contributed by atoms with Gasteiger partial charge < -0.3 is 10.6 Å². The van der Waals surface area contributed by atoms with Crippen molar-refractivity contribution in [3.8, 4) is 0 Å². The van der Waals surface area contributed by atoms with E-state index in [1.54, 1.807) is 0 Å². The number of carbonyl (C=O) groups excluding carboxylic acids is 1. The molecule has 3 heteroatoms. The van der Waals surface area contributed by atoms with E-state index in [-0.39, 0.29) is 11.9 Å². The molecule has 0 aromatic heterocycles. The van der Waals surface area contributed by atoms with Crippen LogP contribution < -0.4 is 10.6 Å². The molecule has 1 amide bonds. The Labute approximate surface area is 85.6 Å². The van der Waals surface area contributed by atoms with Crippen LogP contribution in [0.4, 0.5) is 0 Å². The third-order valence-electron chi connectivity index (χ3n) is 3.35. The largest absolute Gasteiger partial charge is 0.355 e. The topological polar surface area (TPSA) is 41.1 Å². The highest BCUT2D eigenvalue weighted by Crippen LogP contribution is 2.27. The predicted octanol–water partition coefficient (Wildman–Crippen LogP) is 1.04. The van der Waals surface area contributed by atoms with Gasteiger partial charge in [-0.05, 0) is 38.0 Å². The van der Waals surface area contributed by atoms with Gasteiger partial charge in [0.25, 0.3) is 0 Å². The van der Waals surface area contributed by atoms with Gasteiger partial charge in [0.05, 0.1) is 6.04 Å². The van der Waals surface area contributed by atoms with Crippen molar-refractivity contribution in [3.63, 3.8) is 0 Å². The Balaban J connectivity index is 1.80. The molecule has 2 aliphatic rings. The molecule has 1 unspecified atom stereocenters. The minimum atomic E-state index is 0.0787. The van der Waals surface area contributed by atoms with Crippen LogP contribution in [-0.2, 0) is 4.79 Å². The predicted molar refractivity (Wildman–Crippen MR) is 56.0 cm³/mol. The van der Waals surface area contributed by atoms with Gasteiger partial charge in [-0.25, -0.2) is 0 Å². The van der Waals surface area contributed by atoms with Crippen molar-refractivity contribution in [2.24, 2.45) is 5.92 Å². The molecule has 1 aliphatic heterocycles. The van der Waals surface area contributed by atoms with Crippen LogP contribution in [0.1, 0.15) is 39.0 Å². The van der Waals surface area contributed by atoms with Gasteiger partial charge in [0.15, 0.2) is 0 Å². The molecular weight excluding hydrogens is 176 g/mol. The second kappa shape index (κ2) is 4.30. The minimum Gasteiger partial charge on any atom is -0.355 e. The standard InChI is InChI=1S/C11H20N2O/c1-8-6-9(7-8)13-10-4-2-3-5-12-11(10)14/h8-10,13H,2-7H2,1H3,(H,12,14). The molecule has 1 saturated carbocycles. The smallest absolute Gasteiger partial charge is 0.237 e. The van der Waals surface area contributed by atoms with Gasteiger partial charge in [-0.3, -0.25) is 4.79 Å². The number of rotatable bonds is 2. The van der Waals surface area contributed by atoms with E-state index in [1.807, 2.05) is 0 Å². The van der Waals surface area contributed by atoms with E-state index in [9.17, 15) is 4.79 Å². The summed E-state index contributed by atoms with van der Waals surface area (Å²) < 4.78 is 0. The van der Waals surface area contributed by atoms with Crippen LogP contribution in [0.5, 0.6) is 0 Å². The summed E-state index contributed by atoms with van der Waals surface area (Å²) in [5.74, 6) is 1.06. The van der Waals surface area contributed by atoms with Crippen LogP contribution in [0.3, 0.4) is 0 Å². The Morgan fingerprint density at radius 2 is 2.14 bits per heavy atom. The van der Waals surface area contributed by atoms with E-state index in [0.29, 0.717) is 6.04 Å². The normalized spacial score (nSPS) is 38.4. The van der Waals surface area contributed by atoms with Crippen molar-refractivity contribution in [2.75, 3.05) is 6.54 Å². The Morgan fingerprint density at radius 1 is 1.36 bits per heavy atom. The maximum absolute atomic E-state index is 11.6. The minimum absolute atomic E-state index is 0.0787. The van der Waals surface area contributed by atoms with Crippen LogP contribution in [0.15, 0.2) is 0 Å². The second-order valence-electron chi connectivity index (χ2n) is 4.78. The van der Waals surface area contributed by atoms with Gasteiger partial charge in [-0.1, -0.05) is 6.92 Å². The first-order valence-corrected chi connectivity index (χ1v) is 5.79. The number of amides is 1. The first kappa shape index (κ1) is 9.97. The summed E-state index contributed by atoms with van der Waals surface area (Å²) in [5, 5.41) is 6.42. The summed E-state index contributed by atoms with van der Waals surface area (Å²) in [4.78, 5) is 11.6. The molecule has 0 spiro atoms. The van der Waals surface area contributed by atoms with Crippen molar-refractivity contribution < 1.29 is 4.79 Å². The zero-order valence-electron chi connectivity index (χ0n) is 8.88. The van der Waals surface area contributed by atoms with Crippen LogP contribution >= 0.6 is 0 Å². The van der Waals surface area contributed by atoms with Crippen molar-refractivity contribution in [1.29, 1.82) is 0 Å². The summed E-state index contributed by atoms with van der Waals surface area (Å²) in [6.07, 6.45) is 5.79. The lowest BCUT2D eigenvalue weighted by Gasteiger charge is -2.35. The molecule has 3 nitrogen and oxygen atoms in total. The van der Waals surface area contributed by atoms with Gasteiger partial charge in [0, 0.05) is 12.6 Å². The molecule has 2 rings (SSSR count). The highest BCUT2D eigenvalue weighted by Gasteiger charge is 2.30. The third kappa shape index (κ3) is 2.27. The van der Waals surface area contributed by atoms with Crippen molar-refractivity contribution in [1.82, 2.24) is 10.6 Å². The quantitative estimate of drug-likeness (QED) is 0.693. The summed E-state index contributed by atoms with van der Waals surface area (Å²) in [6.45, 7) is 3.13. The zero-order valence-corrected chi connectivity index (χ0v) is 8.88. The van der Waals surface area contributed by atoms with Crippen LogP contribution in [-0.4, -0.2) is 24.5 Å². The first-order valence-electron chi connectivity index (χ1n) is 5.79. The van der Waals surface area contributed by atoms with Gasteiger partial charge in [0.1, 0.15) is 0 Å². The van der Waals surface area contributed by atoms with Crippen molar-refractivity contribution >= 4 is 5.91 Å². The summed E-state index contributed by atoms with van der Waals surface area (Å²) >= 11 is 0. The lowest BCUT2D eigenvalue weighted by molar-refractivity contribution is -0.123. The molecule has 1 heterocycles. The van der Waals surface area contributed by atoms with E-state index in [2.05, 4.69) is 17.6 Å². The maximum Gasteiger partial charge on any atom is 0.237 e. The Bertz CT molecular complexity index is 211. The van der Waals surface area contributed by atoms with E-state index in [1.165, 1.54) is 19.3 Å². The van der Waals surface area contributed by atoms with Crippen LogP contribution in [0.2, 0.25) is 0 Å². The van der Waals surface area contributed by atoms with Gasteiger partial charge in [0.2, 0.25) is 5.91 Å². The SMILES string of the molecule is CC1CC(NC2CCCCNC2=O)C1. The fraction of sp³-hybridized carbons (Fsp3) is 0.909. The third-order valence-corrected chi connectivity index (χ3v) is 3.35. The molecule has 2 N–H and O–H groups in total. The fourth-order valence-electron chi connectivity index (χ4n) is 2.42. The molecule has 80 valence electrons. The van der Waals surface area contributed by atoms with E-state index >= 15 is 0 Å². The Kier molecular flexibility index (Phi) is 3.06. The second-order valence-corrected chi connectivity index (χ2v) is 4.78. The maximum atomic E-state index is 11.6. The number of carbonyl (C=O) groups is 1. The molecule has 14 heavy (non-hydrogen) atoms. The Hall–Kier alpha value is -0.570. The molecule has 0 aromatic rings. The number of hydrogen-bond donors (Lipinski definition) is 2. The monoisotopic (exact) mass is 196 g/mol. The summed E-state index contributed by atoms with van der Waals surface area (Å²) in [7, 11) is 0. The lowest BCUT2D eigenvalue weighted by Crippen LogP contribution is -2.51. The number of nitrogens with one attached hydrogen (secondary N) is 2. The molecular formula is C11H20N2O. The Morgan fingerprint density at radius 3 is 2.86 bits per heavy atom. The van der Waals surface area contributed by atoms with Crippen LogP contribution in [0.25, 0.3) is 0 Å². The van der Waals surface area contributed by atoms with Crippen LogP contribution in [0, 0.1) is 5.92 Å². The van der Waals surface area contributed by atoms with E-state index < -0.39 is 0 Å². The molecule has 0 aromatic carbocycles. The lowest BCUT2D eigenvalue weighted by atomic mass is 9.81. The number of hydrogen-bond acceptors (Lipinski definition) is 2. The molecule has 0 radical (unpaired) electrons. The average Bonchev–Trinajstić information content (AvgIpc) is 2.29. The molecule has 1 saturated heterocycles.